The number of alkyl carbamates (subject to hydrolysis) is 2. The molecular weight excluding hydrogens is 1450 g/mol. The predicted molar refractivity (Wildman–Crippen MR) is 394 cm³/mol. The van der Waals surface area contributed by atoms with Gasteiger partial charge in [0.1, 0.15) is 74.0 Å². The van der Waals surface area contributed by atoms with Crippen LogP contribution in [0, 0.1) is 3.70 Å². The second-order valence-electron chi connectivity index (χ2n) is 26.9. The second-order valence-corrected chi connectivity index (χ2v) is 27.9. The van der Waals surface area contributed by atoms with Gasteiger partial charge in [0.2, 0.25) is 0 Å². The van der Waals surface area contributed by atoms with E-state index in [0.717, 1.165) is 127 Å². The van der Waals surface area contributed by atoms with Crippen LogP contribution in [0.3, 0.4) is 0 Å². The number of nitrogen functional groups attached to an aromatic ring is 3. The number of carbonyl (C=O) groups excluding carboxylic acids is 2. The molecule has 13 N–H and O–H groups in total. The molecule has 11 aromatic heterocycles. The average Bonchev–Trinajstić information content (AvgIpc) is 1.64. The number of carboxylic acids is 1. The Morgan fingerprint density at radius 1 is 0.621 bits per heavy atom. The third kappa shape index (κ3) is 19.9. The Labute approximate surface area is 604 Å². The van der Waals surface area contributed by atoms with Crippen molar-refractivity contribution in [3.8, 4) is 22.5 Å². The molecule has 0 spiro atoms. The lowest BCUT2D eigenvalue weighted by molar-refractivity contribution is -0.192. The number of rotatable bonds is 17. The van der Waals surface area contributed by atoms with Gasteiger partial charge in [-0.25, -0.2) is 68.3 Å². The molecule has 0 aromatic carbocycles. The minimum absolute atomic E-state index is 0.299. The van der Waals surface area contributed by atoms with E-state index in [1.54, 1.807) is 12.4 Å². The first-order valence-corrected chi connectivity index (χ1v) is 34.2. The fourth-order valence-corrected chi connectivity index (χ4v) is 11.3. The van der Waals surface area contributed by atoms with Gasteiger partial charge < -0.3 is 67.4 Å². The maximum Gasteiger partial charge on any atom is 0.496 e. The standard InChI is InChI=1S/C21H26N8O2.C16H18N8.C14H18BNO2.C14H21IN6O2.C2HF3O2/c1-21(2,3)31-20(30)24-7-4-5-9-29-19-15(17(22)26-12-27-19)16(28-29)14-10-13-6-8-23-18(13)25-11-14;17-4-1-2-6-24-16-12(14(18)21-9-22-16)13(23-24)11-7-10-3-5-19-15(10)20-8-11;1-13(2)14(3,4)18-15(17-13)11-8-10-6-5-7-12(10)16-9-11;1-14(2,3)23-13(22)17-6-4-5-7-21-12-9(10(15)20-21)11(16)18-8-19-12;3-2(4,5)1(6)7/h6,8,10-12H,4-5,7,9H2,1-3H3,(H,23,25)(H,24,30)(H2,22,26,27);3,5,7-9H,1-2,4,6,17H2,(H,19,20)(H2,18,21,22);5-6,8-9H,7H2,1-4H3;8H,4-7H2,1-3H3,(H,17,22)(H2,16,18,19);(H,6,7). The van der Waals surface area contributed by atoms with Crippen molar-refractivity contribution >= 4 is 132 Å². The summed E-state index contributed by atoms with van der Waals surface area (Å²) in [5.41, 5.74) is 32.5. The van der Waals surface area contributed by atoms with Crippen LogP contribution in [0.25, 0.3) is 83.8 Å². The molecule has 31 nitrogen and oxygen atoms in total. The second kappa shape index (κ2) is 32.8. The Balaban J connectivity index is 0.000000157. The number of aromatic amines is 2. The van der Waals surface area contributed by atoms with Crippen LogP contribution in [-0.2, 0) is 49.6 Å². The monoisotopic (exact) mass is 1530 g/mol. The number of halogens is 4. The number of allylic oxidation sites excluding steroid dienone is 1. The van der Waals surface area contributed by atoms with Crippen molar-refractivity contribution in [3.05, 3.63) is 101 Å². The van der Waals surface area contributed by atoms with Crippen molar-refractivity contribution in [1.29, 1.82) is 0 Å². The maximum absolute atomic E-state index is 11.7. The molecule has 1 aliphatic heterocycles. The number of unbranched alkanes of at least 4 members (excludes halogenated alkanes) is 3. The van der Waals surface area contributed by atoms with Crippen LogP contribution >= 0.6 is 22.6 Å². The molecule has 1 fully saturated rings. The molecule has 12 heterocycles. The smallest absolute Gasteiger partial charge is 0.475 e. The summed E-state index contributed by atoms with van der Waals surface area (Å²) in [7, 11) is -0.318. The molecule has 0 atom stereocenters. The highest BCUT2D eigenvalue weighted by Gasteiger charge is 2.52. The van der Waals surface area contributed by atoms with Gasteiger partial charge in [0.25, 0.3) is 0 Å². The summed E-state index contributed by atoms with van der Waals surface area (Å²) in [4.78, 5) is 77.0. The number of pyridine rings is 3. The highest BCUT2D eigenvalue weighted by molar-refractivity contribution is 14.1. The van der Waals surface area contributed by atoms with Crippen molar-refractivity contribution in [2.24, 2.45) is 5.73 Å². The van der Waals surface area contributed by atoms with E-state index in [-0.39, 0.29) is 18.3 Å². The van der Waals surface area contributed by atoms with Crippen molar-refractivity contribution in [1.82, 2.24) is 94.8 Å². The molecular formula is C67H84BF3IN23O8. The van der Waals surface area contributed by atoms with Crippen LogP contribution in [-0.4, -0.2) is 163 Å². The largest absolute Gasteiger partial charge is 0.496 e. The molecule has 2 amide bonds. The number of hydrogen-bond donors (Lipinski definition) is 9. The number of aromatic nitrogens is 17. The number of hydrogen-bond acceptors (Lipinski definition) is 23. The quantitative estimate of drug-likeness (QED) is 0.0232. The van der Waals surface area contributed by atoms with Crippen LogP contribution in [0.15, 0.2) is 86.4 Å². The number of anilines is 3. The number of carbonyl (C=O) groups is 3. The van der Waals surface area contributed by atoms with Crippen LogP contribution in [0.2, 0.25) is 0 Å². The van der Waals surface area contributed by atoms with E-state index in [1.807, 2.05) is 98.4 Å². The number of carboxylic acid groups (broad SMARTS) is 1. The topological polar surface area (TPSA) is 438 Å². The highest BCUT2D eigenvalue weighted by Crippen LogP contribution is 2.37. The zero-order chi connectivity index (χ0) is 74.6. The minimum atomic E-state index is -5.08. The number of nitrogens with one attached hydrogen (secondary N) is 4. The highest BCUT2D eigenvalue weighted by atomic mass is 127. The summed E-state index contributed by atoms with van der Waals surface area (Å²) in [6.07, 6.45) is 17.9. The van der Waals surface area contributed by atoms with Gasteiger partial charge in [-0.2, -0.15) is 28.5 Å². The summed E-state index contributed by atoms with van der Waals surface area (Å²) < 4.78 is 60.5. The fourth-order valence-electron chi connectivity index (χ4n) is 10.5. The first-order valence-electron chi connectivity index (χ1n) is 33.1. The number of aliphatic carboxylic acids is 1. The van der Waals surface area contributed by atoms with Crippen LogP contribution < -0.4 is 39.0 Å². The number of nitrogens with zero attached hydrogens (tertiary/aromatic N) is 15. The predicted octanol–water partition coefficient (Wildman–Crippen LogP) is 9.85. The van der Waals surface area contributed by atoms with Gasteiger partial charge in [0, 0.05) is 97.5 Å². The molecule has 2 aliphatic rings. The number of amides is 2. The van der Waals surface area contributed by atoms with E-state index in [2.05, 4.69) is 139 Å². The summed E-state index contributed by atoms with van der Waals surface area (Å²) >= 11 is 2.13. The van der Waals surface area contributed by atoms with Gasteiger partial charge in [-0.15, -0.1) is 0 Å². The Hall–Kier alpha value is -10.2. The molecule has 546 valence electrons. The number of alkyl halides is 3. The third-order valence-electron chi connectivity index (χ3n) is 16.1. The summed E-state index contributed by atoms with van der Waals surface area (Å²) in [6.45, 7) is 23.1. The molecule has 1 saturated heterocycles. The van der Waals surface area contributed by atoms with Gasteiger partial charge in [0.15, 0.2) is 16.9 Å². The minimum Gasteiger partial charge on any atom is -0.475 e. The Kier molecular flexibility index (Phi) is 24.5. The normalized spacial score (nSPS) is 13.7. The van der Waals surface area contributed by atoms with Crippen molar-refractivity contribution in [3.63, 3.8) is 0 Å². The fraction of sp³-hybridized carbons (Fsp3) is 0.418. The van der Waals surface area contributed by atoms with E-state index in [1.165, 1.54) is 24.5 Å². The zero-order valence-corrected chi connectivity index (χ0v) is 60.9. The molecule has 1 aliphatic carbocycles. The third-order valence-corrected chi connectivity index (χ3v) is 16.9. The van der Waals surface area contributed by atoms with Crippen LogP contribution in [0.5, 0.6) is 0 Å². The van der Waals surface area contributed by atoms with Gasteiger partial charge in [-0.1, -0.05) is 18.2 Å². The molecule has 13 rings (SSSR count). The summed E-state index contributed by atoms with van der Waals surface area (Å²) in [5, 5.41) is 30.8. The molecule has 0 saturated carbocycles. The first-order chi connectivity index (χ1) is 48.7. The lowest BCUT2D eigenvalue weighted by Crippen LogP contribution is -2.41. The van der Waals surface area contributed by atoms with Gasteiger partial charge >= 0.3 is 31.5 Å². The van der Waals surface area contributed by atoms with E-state index >= 15 is 0 Å². The van der Waals surface area contributed by atoms with Gasteiger partial charge in [-0.05, 0) is 167 Å². The average molecular weight is 1530 g/mol. The molecule has 103 heavy (non-hydrogen) atoms. The van der Waals surface area contributed by atoms with E-state index < -0.39 is 35.5 Å². The molecule has 36 heteroatoms. The van der Waals surface area contributed by atoms with Crippen molar-refractivity contribution in [2.75, 3.05) is 36.8 Å². The SMILES string of the molecule is CC(C)(C)OC(=O)NCCCCn1nc(-c2cnc3[nH]ccc3c2)c2c(N)ncnc21.CC(C)(C)OC(=O)NCCCCn1nc(I)c2c(N)ncnc21.CC1(C)OB(c2cnc3c(c2)C=CC3)OC1(C)C.NCCCCn1nc(-c2cnc3[nH]ccc3c2)c2c(N)ncnc21.O=C(O)C(F)(F)F. The molecule has 0 radical (unpaired) electrons. The molecule has 0 unspecified atom stereocenters. The Morgan fingerprint density at radius 2 is 1.05 bits per heavy atom. The van der Waals surface area contributed by atoms with Gasteiger partial charge in [0.05, 0.1) is 33.1 Å². The number of nitrogens with two attached hydrogens (primary N) is 4. The lowest BCUT2D eigenvalue weighted by atomic mass is 9.79. The zero-order valence-electron chi connectivity index (χ0n) is 58.8. The van der Waals surface area contributed by atoms with Crippen LogP contribution in [0.4, 0.5) is 40.2 Å². The number of fused-ring (bicyclic) bond motifs is 6. The lowest BCUT2D eigenvalue weighted by Gasteiger charge is -2.32. The van der Waals surface area contributed by atoms with E-state index in [0.29, 0.717) is 66.9 Å². The summed E-state index contributed by atoms with van der Waals surface area (Å²) in [5.74, 6) is -1.51. The Bertz CT molecular complexity index is 4790. The van der Waals surface area contributed by atoms with E-state index in [4.69, 9.17) is 61.8 Å². The number of H-pyrrole nitrogens is 2. The Morgan fingerprint density at radius 3 is 1.49 bits per heavy atom. The van der Waals surface area contributed by atoms with Gasteiger partial charge in [-0.3, -0.25) is 4.98 Å². The van der Waals surface area contributed by atoms with Crippen molar-refractivity contribution in [2.45, 2.75) is 162 Å². The number of ether oxygens (including phenoxy) is 2. The molecule has 11 aromatic rings. The van der Waals surface area contributed by atoms with E-state index in [9.17, 15) is 22.8 Å². The first kappa shape index (κ1) is 77.0. The van der Waals surface area contributed by atoms with Crippen molar-refractivity contribution < 1.29 is 51.4 Å². The summed E-state index contributed by atoms with van der Waals surface area (Å²) in [6, 6.07) is 10.1. The maximum atomic E-state index is 11.7. The number of aryl methyl sites for hydroxylation is 3. The van der Waals surface area contributed by atoms with Crippen LogP contribution in [0.1, 0.15) is 119 Å². The molecule has 0 bridgehead atoms.